The van der Waals surface area contributed by atoms with Crippen molar-refractivity contribution in [1.82, 2.24) is 13.9 Å². The largest absolute Gasteiger partial charge is 0.490 e. The lowest BCUT2D eigenvalue weighted by Gasteiger charge is -2.32. The molecule has 4 aromatic rings. The second kappa shape index (κ2) is 12.8. The van der Waals surface area contributed by atoms with Crippen LogP contribution in [0.2, 0.25) is 0 Å². The first-order chi connectivity index (χ1) is 20.6. The Hall–Kier alpha value is -4.18. The minimum absolute atomic E-state index is 0.0738. The molecule has 0 unspecified atom stereocenters. The van der Waals surface area contributed by atoms with Gasteiger partial charge in [0.1, 0.15) is 5.82 Å². The van der Waals surface area contributed by atoms with E-state index >= 15 is 0 Å². The van der Waals surface area contributed by atoms with Crippen molar-refractivity contribution in [3.8, 4) is 0 Å². The molecule has 236 valence electrons. The molecule has 16 heteroatoms. The molecule has 0 spiro atoms. The molecule has 5 rings (SSSR count). The summed E-state index contributed by atoms with van der Waals surface area (Å²) in [6.07, 6.45) is -9.06. The van der Waals surface area contributed by atoms with Crippen LogP contribution in [-0.2, 0) is 27.5 Å². The van der Waals surface area contributed by atoms with Gasteiger partial charge in [0.15, 0.2) is 0 Å². The summed E-state index contributed by atoms with van der Waals surface area (Å²) < 4.78 is 115. The molecule has 1 aliphatic heterocycles. The maximum absolute atomic E-state index is 13.4. The fourth-order valence-corrected chi connectivity index (χ4v) is 6.29. The predicted octanol–water partition coefficient (Wildman–Crippen LogP) is 6.14. The number of rotatable bonds is 6. The third kappa shape index (κ3) is 7.66. The number of anilines is 1. The van der Waals surface area contributed by atoms with Crippen LogP contribution in [0, 0.1) is 5.82 Å². The Bertz CT molecular complexity index is 1710. The summed E-state index contributed by atoms with van der Waals surface area (Å²) in [6, 6.07) is 17.9. The molecule has 2 heterocycles. The van der Waals surface area contributed by atoms with Gasteiger partial charge in [0.2, 0.25) is 16.0 Å². The standard InChI is InChI=1S/C26H24F4N4O2S.C2HF3O2/c27-19-11-9-18(10-12-19)17-34-23-7-3-2-6-22(23)32-25(34)31-20-13-15-33(16-14-20)37(35,36)24-8-4-1-5-21(24)26(28,29)30;3-2(4,5)1(6)7/h1-12,20H,13-17H2,(H,31,32);(H,6,7). The number of nitrogens with zero attached hydrogens (tertiary/aromatic N) is 3. The highest BCUT2D eigenvalue weighted by molar-refractivity contribution is 7.89. The Morgan fingerprint density at radius 1 is 0.909 bits per heavy atom. The van der Waals surface area contributed by atoms with E-state index < -0.39 is 38.8 Å². The molecule has 0 radical (unpaired) electrons. The molecule has 1 saturated heterocycles. The van der Waals surface area contributed by atoms with Gasteiger partial charge in [-0.25, -0.2) is 22.6 Å². The second-order valence-electron chi connectivity index (χ2n) is 9.76. The summed E-state index contributed by atoms with van der Waals surface area (Å²) in [5.41, 5.74) is 1.38. The van der Waals surface area contributed by atoms with Crippen molar-refractivity contribution in [3.63, 3.8) is 0 Å². The first-order valence-corrected chi connectivity index (χ1v) is 14.4. The number of piperidine rings is 1. The third-order valence-corrected chi connectivity index (χ3v) is 8.71. The predicted molar refractivity (Wildman–Crippen MR) is 146 cm³/mol. The molecule has 3 aromatic carbocycles. The Morgan fingerprint density at radius 2 is 1.48 bits per heavy atom. The SMILES string of the molecule is O=C(O)C(F)(F)F.O=S(=O)(c1ccccc1C(F)(F)F)N1CCC(Nc2nc3ccccc3n2Cc2ccc(F)cc2)CC1. The topological polar surface area (TPSA) is 105 Å². The number of benzene rings is 3. The van der Waals surface area contributed by atoms with Crippen LogP contribution < -0.4 is 5.32 Å². The Labute approximate surface area is 246 Å². The maximum atomic E-state index is 13.4. The van der Waals surface area contributed by atoms with Gasteiger partial charge in [-0.3, -0.25) is 0 Å². The summed E-state index contributed by atoms with van der Waals surface area (Å²) >= 11 is 0. The van der Waals surface area contributed by atoms with Crippen LogP contribution in [0.3, 0.4) is 0 Å². The normalized spacial score (nSPS) is 15.1. The number of alkyl halides is 6. The van der Waals surface area contributed by atoms with Crippen LogP contribution in [0.15, 0.2) is 77.7 Å². The van der Waals surface area contributed by atoms with Gasteiger partial charge < -0.3 is 15.0 Å². The average Bonchev–Trinajstić information content (AvgIpc) is 3.30. The Kier molecular flexibility index (Phi) is 9.53. The number of sulfonamides is 1. The molecule has 0 saturated carbocycles. The quantitative estimate of drug-likeness (QED) is 0.244. The van der Waals surface area contributed by atoms with E-state index in [0.717, 1.165) is 33.0 Å². The Morgan fingerprint density at radius 3 is 2.07 bits per heavy atom. The number of fused-ring (bicyclic) bond motifs is 1. The number of carboxylic acid groups (broad SMARTS) is 1. The van der Waals surface area contributed by atoms with Crippen LogP contribution in [-0.4, -0.2) is 58.7 Å². The third-order valence-electron chi connectivity index (χ3n) is 6.75. The number of hydrogen-bond donors (Lipinski definition) is 2. The van der Waals surface area contributed by atoms with Crippen molar-refractivity contribution in [2.75, 3.05) is 18.4 Å². The number of aliphatic carboxylic acids is 1. The average molecular weight is 647 g/mol. The van der Waals surface area contributed by atoms with Gasteiger partial charge in [0, 0.05) is 19.1 Å². The molecule has 8 nitrogen and oxygen atoms in total. The smallest absolute Gasteiger partial charge is 0.475 e. The minimum atomic E-state index is -5.08. The highest BCUT2D eigenvalue weighted by atomic mass is 32.2. The summed E-state index contributed by atoms with van der Waals surface area (Å²) in [5, 5.41) is 10.5. The molecule has 0 atom stereocenters. The van der Waals surface area contributed by atoms with Crippen LogP contribution in [0.4, 0.5) is 36.7 Å². The van der Waals surface area contributed by atoms with Crippen molar-refractivity contribution in [1.29, 1.82) is 0 Å². The number of hydrogen-bond acceptors (Lipinski definition) is 5. The summed E-state index contributed by atoms with van der Waals surface area (Å²) in [6.45, 7) is 0.597. The lowest BCUT2D eigenvalue weighted by molar-refractivity contribution is -0.192. The van der Waals surface area contributed by atoms with Gasteiger partial charge >= 0.3 is 18.3 Å². The zero-order valence-corrected chi connectivity index (χ0v) is 23.4. The fraction of sp³-hybridized carbons (Fsp3) is 0.286. The molecule has 1 aromatic heterocycles. The van der Waals surface area contributed by atoms with Crippen LogP contribution in [0.25, 0.3) is 11.0 Å². The number of carboxylic acids is 1. The fourth-order valence-electron chi connectivity index (χ4n) is 4.61. The summed E-state index contributed by atoms with van der Waals surface area (Å²) in [7, 11) is -4.31. The van der Waals surface area contributed by atoms with Crippen molar-refractivity contribution >= 4 is 33.0 Å². The van der Waals surface area contributed by atoms with Crippen molar-refractivity contribution < 1.29 is 49.1 Å². The first-order valence-electron chi connectivity index (χ1n) is 13.0. The van der Waals surface area contributed by atoms with E-state index in [-0.39, 0.29) is 24.9 Å². The molecule has 0 bridgehead atoms. The second-order valence-corrected chi connectivity index (χ2v) is 11.7. The van der Waals surface area contributed by atoms with E-state index in [2.05, 4.69) is 5.32 Å². The van der Waals surface area contributed by atoms with Gasteiger partial charge in [0.25, 0.3) is 0 Å². The highest BCUT2D eigenvalue weighted by Gasteiger charge is 2.40. The van der Waals surface area contributed by atoms with E-state index in [1.165, 1.54) is 24.3 Å². The van der Waals surface area contributed by atoms with Crippen molar-refractivity contribution in [2.24, 2.45) is 0 Å². The lowest BCUT2D eigenvalue weighted by atomic mass is 10.1. The first kappa shape index (κ1) is 32.7. The minimum Gasteiger partial charge on any atom is -0.475 e. The highest BCUT2D eigenvalue weighted by Crippen LogP contribution is 2.36. The van der Waals surface area contributed by atoms with Gasteiger partial charge in [0.05, 0.1) is 28.0 Å². The molecule has 1 aliphatic rings. The molecule has 0 aliphatic carbocycles. The number of halogens is 7. The number of imidazole rings is 1. The van der Waals surface area contributed by atoms with Crippen LogP contribution in [0.1, 0.15) is 24.0 Å². The van der Waals surface area contributed by atoms with Gasteiger partial charge in [-0.2, -0.15) is 30.6 Å². The monoisotopic (exact) mass is 646 g/mol. The number of carbonyl (C=O) groups is 1. The molecular weight excluding hydrogens is 621 g/mol. The van der Waals surface area contributed by atoms with Gasteiger partial charge in [-0.05, 0) is 54.8 Å². The number of aromatic nitrogens is 2. The maximum Gasteiger partial charge on any atom is 0.490 e. The van der Waals surface area contributed by atoms with Crippen molar-refractivity contribution in [2.45, 2.75) is 42.7 Å². The molecular formula is C28H25F7N4O4S. The van der Waals surface area contributed by atoms with E-state index in [4.69, 9.17) is 14.9 Å². The van der Waals surface area contributed by atoms with Crippen LogP contribution in [0.5, 0.6) is 0 Å². The Balaban J connectivity index is 0.000000566. The van der Waals surface area contributed by atoms with E-state index in [1.807, 2.05) is 28.8 Å². The summed E-state index contributed by atoms with van der Waals surface area (Å²) in [4.78, 5) is 12.9. The molecule has 1 fully saturated rings. The number of para-hydroxylation sites is 2. The van der Waals surface area contributed by atoms with Crippen molar-refractivity contribution in [3.05, 3.63) is 89.7 Å². The van der Waals surface area contributed by atoms with E-state index in [9.17, 15) is 39.2 Å². The molecule has 2 N–H and O–H groups in total. The molecule has 44 heavy (non-hydrogen) atoms. The summed E-state index contributed by atoms with van der Waals surface area (Å²) in [5.74, 6) is -2.49. The van der Waals surface area contributed by atoms with E-state index in [1.54, 1.807) is 12.1 Å². The number of nitrogens with one attached hydrogen (secondary N) is 1. The van der Waals surface area contributed by atoms with Crippen LogP contribution >= 0.6 is 0 Å². The zero-order valence-electron chi connectivity index (χ0n) is 22.6. The van der Waals surface area contributed by atoms with E-state index in [0.29, 0.717) is 25.3 Å². The zero-order chi connectivity index (χ0) is 32.3. The molecule has 0 amide bonds. The van der Waals surface area contributed by atoms with Gasteiger partial charge in [-0.15, -0.1) is 0 Å². The van der Waals surface area contributed by atoms with Gasteiger partial charge in [-0.1, -0.05) is 36.4 Å². The lowest BCUT2D eigenvalue weighted by Crippen LogP contribution is -2.43.